The maximum Gasteiger partial charge on any atom is 0.253 e. The third-order valence-corrected chi connectivity index (χ3v) is 5.51. The molecule has 204 valence electrons. The van der Waals surface area contributed by atoms with Gasteiger partial charge in [0.05, 0.1) is 18.2 Å². The standard InChI is InChI=1S/C18H18N2O3.C11H17NO.C2H6/c1-20-11-15(14-7-4-8-16(23-2)17(14)20)18(22)19-10-12-5-3-6-13(21)9-12;1-2-8-12-9-10-13-11-6-4-3-5-7-11;1-2/h3-9,11,21H,10H2,1-2H3,(H,19,22);3-7,12H,2,8-10H2,1H3;1-2H3. The summed E-state index contributed by atoms with van der Waals surface area (Å²) >= 11 is 0. The van der Waals surface area contributed by atoms with Gasteiger partial charge < -0.3 is 29.8 Å². The van der Waals surface area contributed by atoms with E-state index >= 15 is 0 Å². The maximum absolute atomic E-state index is 12.5. The number of carbonyl (C=O) groups is 1. The second-order valence-corrected chi connectivity index (χ2v) is 8.27. The largest absolute Gasteiger partial charge is 0.508 e. The van der Waals surface area contributed by atoms with E-state index in [0.29, 0.717) is 12.1 Å². The van der Waals surface area contributed by atoms with Crippen LogP contribution < -0.4 is 20.1 Å². The van der Waals surface area contributed by atoms with Gasteiger partial charge in [0, 0.05) is 31.7 Å². The van der Waals surface area contributed by atoms with E-state index in [4.69, 9.17) is 9.47 Å². The number of carbonyl (C=O) groups excluding carboxylic acids is 1. The van der Waals surface area contributed by atoms with Crippen molar-refractivity contribution in [1.82, 2.24) is 15.2 Å². The second kappa shape index (κ2) is 16.7. The van der Waals surface area contributed by atoms with Crippen molar-refractivity contribution >= 4 is 16.8 Å². The molecule has 7 nitrogen and oxygen atoms in total. The van der Waals surface area contributed by atoms with Crippen molar-refractivity contribution in [1.29, 1.82) is 0 Å². The van der Waals surface area contributed by atoms with Crippen LogP contribution in [0.3, 0.4) is 0 Å². The van der Waals surface area contributed by atoms with Gasteiger partial charge in [0.25, 0.3) is 5.91 Å². The van der Waals surface area contributed by atoms with Gasteiger partial charge in [0.1, 0.15) is 23.9 Å². The van der Waals surface area contributed by atoms with Crippen LogP contribution in [0.4, 0.5) is 0 Å². The number of aromatic nitrogens is 1. The minimum Gasteiger partial charge on any atom is -0.508 e. The molecular formula is C31H41N3O4. The van der Waals surface area contributed by atoms with Crippen LogP contribution in [0.2, 0.25) is 0 Å². The molecule has 0 bridgehead atoms. The van der Waals surface area contributed by atoms with Gasteiger partial charge in [-0.1, -0.05) is 63.2 Å². The van der Waals surface area contributed by atoms with Gasteiger partial charge in [-0.05, 0) is 48.9 Å². The highest BCUT2D eigenvalue weighted by molar-refractivity contribution is 6.08. The average Bonchev–Trinajstić information content (AvgIpc) is 3.30. The zero-order valence-corrected chi connectivity index (χ0v) is 23.2. The number of nitrogens with zero attached hydrogens (tertiary/aromatic N) is 1. The predicted octanol–water partition coefficient (Wildman–Crippen LogP) is 5.91. The summed E-state index contributed by atoms with van der Waals surface area (Å²) in [6.07, 6.45) is 2.97. The van der Waals surface area contributed by atoms with E-state index in [1.165, 1.54) is 6.42 Å². The Morgan fingerprint density at radius 3 is 2.39 bits per heavy atom. The summed E-state index contributed by atoms with van der Waals surface area (Å²) in [5.41, 5.74) is 2.33. The normalized spacial score (nSPS) is 10.0. The summed E-state index contributed by atoms with van der Waals surface area (Å²) in [5, 5.41) is 16.5. The third-order valence-electron chi connectivity index (χ3n) is 5.51. The number of hydrogen-bond acceptors (Lipinski definition) is 5. The molecule has 38 heavy (non-hydrogen) atoms. The van der Waals surface area contributed by atoms with Crippen LogP contribution in [-0.2, 0) is 13.6 Å². The zero-order chi connectivity index (χ0) is 27.8. The molecule has 1 aromatic heterocycles. The van der Waals surface area contributed by atoms with Gasteiger partial charge in [-0.3, -0.25) is 4.79 Å². The molecule has 0 saturated heterocycles. The van der Waals surface area contributed by atoms with Crippen molar-refractivity contribution in [2.75, 3.05) is 26.8 Å². The molecule has 0 unspecified atom stereocenters. The smallest absolute Gasteiger partial charge is 0.253 e. The summed E-state index contributed by atoms with van der Waals surface area (Å²) in [7, 11) is 3.50. The van der Waals surface area contributed by atoms with E-state index in [9.17, 15) is 9.90 Å². The molecule has 0 fully saturated rings. The first-order chi connectivity index (χ1) is 18.5. The van der Waals surface area contributed by atoms with Gasteiger partial charge in [-0.2, -0.15) is 0 Å². The molecule has 0 aliphatic rings. The Kier molecular flexibility index (Phi) is 13.3. The molecule has 0 aliphatic carbocycles. The number of hydrogen-bond donors (Lipinski definition) is 3. The zero-order valence-electron chi connectivity index (χ0n) is 23.2. The lowest BCUT2D eigenvalue weighted by Gasteiger charge is -2.06. The number of para-hydroxylation sites is 2. The summed E-state index contributed by atoms with van der Waals surface area (Å²) in [4.78, 5) is 12.5. The fourth-order valence-electron chi connectivity index (χ4n) is 3.78. The Morgan fingerprint density at radius 1 is 0.974 bits per heavy atom. The first kappa shape index (κ1) is 30.3. The van der Waals surface area contributed by atoms with Gasteiger partial charge in [-0.15, -0.1) is 0 Å². The van der Waals surface area contributed by atoms with Crippen LogP contribution in [0.1, 0.15) is 43.1 Å². The average molecular weight is 520 g/mol. The highest BCUT2D eigenvalue weighted by Gasteiger charge is 2.16. The quantitative estimate of drug-likeness (QED) is 0.227. The van der Waals surface area contributed by atoms with E-state index in [2.05, 4.69) is 17.6 Å². The van der Waals surface area contributed by atoms with E-state index in [0.717, 1.165) is 47.7 Å². The number of fused-ring (bicyclic) bond motifs is 1. The van der Waals surface area contributed by atoms with Crippen LogP contribution in [0.5, 0.6) is 17.2 Å². The lowest BCUT2D eigenvalue weighted by Crippen LogP contribution is -2.22. The number of benzene rings is 3. The second-order valence-electron chi connectivity index (χ2n) is 8.27. The van der Waals surface area contributed by atoms with Gasteiger partial charge in [0.15, 0.2) is 0 Å². The fourth-order valence-corrected chi connectivity index (χ4v) is 3.78. The third kappa shape index (κ3) is 9.16. The van der Waals surface area contributed by atoms with E-state index < -0.39 is 0 Å². The summed E-state index contributed by atoms with van der Waals surface area (Å²) < 4.78 is 12.7. The topological polar surface area (TPSA) is 84.8 Å². The molecule has 3 aromatic carbocycles. The van der Waals surface area contributed by atoms with Crippen LogP contribution in [-0.4, -0.2) is 42.4 Å². The SMILES string of the molecule is CC.CCCNCCOc1ccccc1.COc1cccc2c(C(=O)NCc3cccc(O)c3)cn(C)c12. The van der Waals surface area contributed by atoms with Gasteiger partial charge in [-0.25, -0.2) is 0 Å². The Balaban J connectivity index is 0.000000288. The minimum absolute atomic E-state index is 0.160. The molecule has 1 heterocycles. The number of nitrogens with one attached hydrogen (secondary N) is 2. The van der Waals surface area contributed by atoms with Crippen molar-refractivity contribution in [3.8, 4) is 17.2 Å². The molecule has 4 rings (SSSR count). The number of aryl methyl sites for hydroxylation is 1. The van der Waals surface area contributed by atoms with Crippen molar-refractivity contribution in [3.63, 3.8) is 0 Å². The number of phenols is 1. The number of methoxy groups -OCH3 is 1. The minimum atomic E-state index is -0.160. The first-order valence-corrected chi connectivity index (χ1v) is 13.1. The number of ether oxygens (including phenoxy) is 2. The molecule has 3 N–H and O–H groups in total. The van der Waals surface area contributed by atoms with Gasteiger partial charge in [0.2, 0.25) is 0 Å². The van der Waals surface area contributed by atoms with E-state index in [1.807, 2.05) is 80.1 Å². The summed E-state index contributed by atoms with van der Waals surface area (Å²) in [6, 6.07) is 22.4. The summed E-state index contributed by atoms with van der Waals surface area (Å²) in [6.45, 7) is 9.24. The fraction of sp³-hybridized carbons (Fsp3) is 0.323. The molecule has 4 aromatic rings. The van der Waals surface area contributed by atoms with Crippen molar-refractivity contribution < 1.29 is 19.4 Å². The highest BCUT2D eigenvalue weighted by Crippen LogP contribution is 2.29. The lowest BCUT2D eigenvalue weighted by molar-refractivity contribution is 0.0952. The monoisotopic (exact) mass is 519 g/mol. The van der Waals surface area contributed by atoms with Crippen LogP contribution in [0, 0.1) is 0 Å². The Morgan fingerprint density at radius 2 is 1.71 bits per heavy atom. The van der Waals surface area contributed by atoms with E-state index in [1.54, 1.807) is 31.5 Å². The van der Waals surface area contributed by atoms with E-state index in [-0.39, 0.29) is 11.7 Å². The van der Waals surface area contributed by atoms with Gasteiger partial charge >= 0.3 is 0 Å². The number of aromatic hydroxyl groups is 1. The number of amides is 1. The summed E-state index contributed by atoms with van der Waals surface area (Å²) in [5.74, 6) is 1.71. The number of rotatable bonds is 10. The molecule has 1 amide bonds. The van der Waals surface area contributed by atoms with Crippen LogP contribution in [0.25, 0.3) is 10.9 Å². The highest BCUT2D eigenvalue weighted by atomic mass is 16.5. The van der Waals surface area contributed by atoms with Crippen LogP contribution >= 0.6 is 0 Å². The van der Waals surface area contributed by atoms with Crippen molar-refractivity contribution in [3.05, 3.63) is 90.1 Å². The maximum atomic E-state index is 12.5. The molecular weight excluding hydrogens is 478 g/mol. The predicted molar refractivity (Wildman–Crippen MR) is 155 cm³/mol. The molecule has 0 aliphatic heterocycles. The van der Waals surface area contributed by atoms with Crippen molar-refractivity contribution in [2.24, 2.45) is 7.05 Å². The molecule has 0 atom stereocenters. The molecule has 0 spiro atoms. The molecule has 7 heteroatoms. The Labute approximate surface area is 226 Å². The number of phenolic OH excluding ortho intramolecular Hbond substituents is 1. The molecule has 0 saturated carbocycles. The van der Waals surface area contributed by atoms with Crippen LogP contribution in [0.15, 0.2) is 79.0 Å². The molecule has 0 radical (unpaired) electrons. The Bertz CT molecular complexity index is 1240. The van der Waals surface area contributed by atoms with Crippen molar-refractivity contribution in [2.45, 2.75) is 33.7 Å². The first-order valence-electron chi connectivity index (χ1n) is 13.1. The Hall–Kier alpha value is -3.97. The lowest BCUT2D eigenvalue weighted by atomic mass is 10.1.